The maximum absolute atomic E-state index is 15.7. The van der Waals surface area contributed by atoms with E-state index in [9.17, 15) is 13.2 Å². The highest BCUT2D eigenvalue weighted by Gasteiger charge is 2.61. The van der Waals surface area contributed by atoms with Crippen molar-refractivity contribution in [3.63, 3.8) is 0 Å². The van der Waals surface area contributed by atoms with Crippen LogP contribution in [0, 0.1) is 11.2 Å². The number of hydrogen-bond donors (Lipinski definition) is 2. The fourth-order valence-electron chi connectivity index (χ4n) is 5.39. The molecule has 0 radical (unpaired) electrons. The van der Waals surface area contributed by atoms with Gasteiger partial charge in [-0.25, -0.2) is 22.3 Å². The monoisotopic (exact) mass is 501 g/mol. The Morgan fingerprint density at radius 3 is 2.43 bits per heavy atom. The zero-order valence-corrected chi connectivity index (χ0v) is 20.9. The molecule has 188 valence electrons. The molecule has 2 saturated carbocycles. The van der Waals surface area contributed by atoms with Gasteiger partial charge in [0.05, 0.1) is 17.9 Å². The molecule has 2 N–H and O–H groups in total. The summed E-state index contributed by atoms with van der Waals surface area (Å²) in [5.41, 5.74) is 1.11. The van der Waals surface area contributed by atoms with Crippen LogP contribution in [0.2, 0.25) is 0 Å². The van der Waals surface area contributed by atoms with Crippen LogP contribution >= 0.6 is 0 Å². The van der Waals surface area contributed by atoms with Crippen LogP contribution in [0.5, 0.6) is 0 Å². The summed E-state index contributed by atoms with van der Waals surface area (Å²) < 4.78 is 48.5. The van der Waals surface area contributed by atoms with Crippen molar-refractivity contribution in [2.45, 2.75) is 49.8 Å². The second-order valence-corrected chi connectivity index (χ2v) is 12.1. The molecule has 2 atom stereocenters. The molecule has 9 heteroatoms. The van der Waals surface area contributed by atoms with Gasteiger partial charge in [0.2, 0.25) is 10.0 Å². The van der Waals surface area contributed by atoms with Crippen molar-refractivity contribution >= 4 is 16.1 Å². The largest absolute Gasteiger partial charge is 0.376 e. The van der Waals surface area contributed by atoms with Gasteiger partial charge in [-0.3, -0.25) is 0 Å². The van der Waals surface area contributed by atoms with Crippen LogP contribution < -0.4 is 10.0 Å². The lowest BCUT2D eigenvalue weighted by atomic mass is 9.91. The summed E-state index contributed by atoms with van der Waals surface area (Å²) in [4.78, 5) is 15.0. The van der Waals surface area contributed by atoms with Gasteiger partial charge in [-0.15, -0.1) is 0 Å². The molecule has 3 fully saturated rings. The molecule has 7 nitrogen and oxygen atoms in total. The number of benzene rings is 2. The van der Waals surface area contributed by atoms with E-state index in [2.05, 4.69) is 10.0 Å². The van der Waals surface area contributed by atoms with Crippen molar-refractivity contribution in [2.24, 2.45) is 5.41 Å². The van der Waals surface area contributed by atoms with E-state index in [1.807, 2.05) is 30.3 Å². The number of hydrogen-bond acceptors (Lipinski definition) is 4. The number of carbonyl (C=O) groups is 1. The minimum Gasteiger partial charge on any atom is -0.376 e. The lowest BCUT2D eigenvalue weighted by molar-refractivity contribution is 0.0793. The highest BCUT2D eigenvalue weighted by Crippen LogP contribution is 2.55. The number of rotatable bonds is 8. The van der Waals surface area contributed by atoms with E-state index in [0.29, 0.717) is 24.2 Å². The van der Waals surface area contributed by atoms with E-state index < -0.39 is 22.1 Å². The molecule has 1 spiro atoms. The van der Waals surface area contributed by atoms with Crippen LogP contribution in [0.1, 0.15) is 31.2 Å². The zero-order chi connectivity index (χ0) is 24.8. The highest BCUT2D eigenvalue weighted by molar-refractivity contribution is 7.88. The molecule has 2 aliphatic carbocycles. The van der Waals surface area contributed by atoms with Gasteiger partial charge >= 0.3 is 6.03 Å². The fourth-order valence-corrected chi connectivity index (χ4v) is 6.26. The second-order valence-electron chi connectivity index (χ2n) is 10.3. The minimum atomic E-state index is -3.53. The lowest BCUT2D eigenvalue weighted by Gasteiger charge is -2.30. The van der Waals surface area contributed by atoms with Gasteiger partial charge in [-0.2, -0.15) is 0 Å². The standard InChI is InChI=1S/C26H32FN3O4S/c1-34-26(13-14-26)16-28-24(31)30-17-25(11-12-25)23(29-35(2,32)33)21(30)15-19-9-6-10-20(22(19)27)18-7-4-3-5-8-18/h3-10,21,23,29H,11-17H2,1-2H3,(H,28,31)/t21-,23+/m0/s1. The minimum absolute atomic E-state index is 0.213. The van der Waals surface area contributed by atoms with Crippen LogP contribution in [0.3, 0.4) is 0 Å². The number of urea groups is 1. The van der Waals surface area contributed by atoms with Gasteiger partial charge in [0.25, 0.3) is 0 Å². The summed E-state index contributed by atoms with van der Waals surface area (Å²) in [6, 6.07) is 13.3. The Hall–Kier alpha value is -2.49. The first-order valence-corrected chi connectivity index (χ1v) is 13.9. The number of methoxy groups -OCH3 is 1. The number of ether oxygens (including phenoxy) is 1. The smallest absolute Gasteiger partial charge is 0.317 e. The molecule has 0 unspecified atom stereocenters. The summed E-state index contributed by atoms with van der Waals surface area (Å²) in [5.74, 6) is -0.342. The molecular weight excluding hydrogens is 469 g/mol. The molecule has 35 heavy (non-hydrogen) atoms. The third kappa shape index (κ3) is 4.94. The van der Waals surface area contributed by atoms with Crippen LogP contribution in [-0.2, 0) is 21.2 Å². The Morgan fingerprint density at radius 1 is 1.11 bits per heavy atom. The van der Waals surface area contributed by atoms with E-state index in [4.69, 9.17) is 4.74 Å². The SMILES string of the molecule is COC1(CNC(=O)N2CC3(CC3)[C@H](NS(C)(=O)=O)[C@@H]2Cc2cccc(-c3ccccc3)c2F)CC1. The molecule has 2 aromatic rings. The van der Waals surface area contributed by atoms with E-state index in [0.717, 1.165) is 37.5 Å². The lowest BCUT2D eigenvalue weighted by Crippen LogP contribution is -2.52. The molecule has 1 heterocycles. The third-order valence-corrected chi connectivity index (χ3v) is 8.50. The maximum Gasteiger partial charge on any atom is 0.317 e. The Kier molecular flexibility index (Phi) is 6.14. The van der Waals surface area contributed by atoms with Crippen LogP contribution in [0.25, 0.3) is 11.1 Å². The normalized spacial score (nSPS) is 23.9. The molecular formula is C26H32FN3O4S. The first-order chi connectivity index (χ1) is 16.7. The van der Waals surface area contributed by atoms with E-state index in [1.165, 1.54) is 0 Å². The van der Waals surface area contributed by atoms with Gasteiger partial charge in [0, 0.05) is 37.2 Å². The average Bonchev–Trinajstić information content (AvgIpc) is 3.75. The Balaban J connectivity index is 1.45. The number of amides is 2. The van der Waals surface area contributed by atoms with Crippen LogP contribution in [-0.4, -0.2) is 63.5 Å². The van der Waals surface area contributed by atoms with Crippen molar-refractivity contribution < 1.29 is 22.3 Å². The van der Waals surface area contributed by atoms with Gasteiger partial charge in [-0.1, -0.05) is 48.5 Å². The molecule has 2 aromatic carbocycles. The molecule has 0 bridgehead atoms. The van der Waals surface area contributed by atoms with Crippen molar-refractivity contribution in [3.8, 4) is 11.1 Å². The van der Waals surface area contributed by atoms with E-state index >= 15 is 4.39 Å². The first-order valence-electron chi connectivity index (χ1n) is 12.1. The van der Waals surface area contributed by atoms with Gasteiger partial charge in [-0.05, 0) is 43.2 Å². The first kappa shape index (κ1) is 24.2. The predicted molar refractivity (Wildman–Crippen MR) is 132 cm³/mol. The van der Waals surface area contributed by atoms with E-state index in [-0.39, 0.29) is 29.3 Å². The average molecular weight is 502 g/mol. The van der Waals surface area contributed by atoms with Crippen molar-refractivity contribution in [1.29, 1.82) is 0 Å². The Morgan fingerprint density at radius 2 is 1.83 bits per heavy atom. The predicted octanol–water partition coefficient (Wildman–Crippen LogP) is 3.31. The number of carbonyl (C=O) groups excluding carboxylic acids is 1. The Bertz CT molecular complexity index is 1210. The Labute approximate surface area is 206 Å². The number of nitrogens with zero attached hydrogens (tertiary/aromatic N) is 1. The third-order valence-electron chi connectivity index (χ3n) is 7.82. The van der Waals surface area contributed by atoms with Crippen LogP contribution in [0.4, 0.5) is 9.18 Å². The summed E-state index contributed by atoms with van der Waals surface area (Å²) in [7, 11) is -1.88. The molecule has 3 aliphatic rings. The van der Waals surface area contributed by atoms with Crippen LogP contribution in [0.15, 0.2) is 48.5 Å². The highest BCUT2D eigenvalue weighted by atomic mass is 32.2. The molecule has 0 aromatic heterocycles. The topological polar surface area (TPSA) is 87.7 Å². The maximum atomic E-state index is 15.7. The molecule has 5 rings (SSSR count). The quantitative estimate of drug-likeness (QED) is 0.581. The van der Waals surface area contributed by atoms with Gasteiger partial charge in [0.15, 0.2) is 0 Å². The summed E-state index contributed by atoms with van der Waals surface area (Å²) in [5, 5.41) is 2.99. The van der Waals surface area contributed by atoms with Gasteiger partial charge < -0.3 is 15.0 Å². The zero-order valence-electron chi connectivity index (χ0n) is 20.1. The summed E-state index contributed by atoms with van der Waals surface area (Å²) >= 11 is 0. The molecule has 1 saturated heterocycles. The second kappa shape index (κ2) is 8.87. The molecule has 2 amide bonds. The van der Waals surface area contributed by atoms with Crippen molar-refractivity contribution in [2.75, 3.05) is 26.5 Å². The molecule has 1 aliphatic heterocycles. The number of likely N-dealkylation sites (tertiary alicyclic amines) is 1. The van der Waals surface area contributed by atoms with E-state index in [1.54, 1.807) is 30.2 Å². The summed E-state index contributed by atoms with van der Waals surface area (Å²) in [6.45, 7) is 0.844. The van der Waals surface area contributed by atoms with Crippen molar-refractivity contribution in [1.82, 2.24) is 14.9 Å². The number of halogens is 1. The number of nitrogens with one attached hydrogen (secondary N) is 2. The number of sulfonamides is 1. The van der Waals surface area contributed by atoms with Crippen molar-refractivity contribution in [3.05, 3.63) is 59.9 Å². The summed E-state index contributed by atoms with van der Waals surface area (Å²) in [6.07, 6.45) is 4.79. The fraction of sp³-hybridized carbons (Fsp3) is 0.500. The van der Waals surface area contributed by atoms with Gasteiger partial charge in [0.1, 0.15) is 5.82 Å².